The molecule has 24 heavy (non-hydrogen) atoms. The molecule has 3 saturated carbocycles. The number of fused-ring (bicyclic) bond motifs is 5. The van der Waals surface area contributed by atoms with Gasteiger partial charge in [0.05, 0.1) is 6.10 Å². The zero-order chi connectivity index (χ0) is 17.1. The molecule has 0 aromatic heterocycles. The Morgan fingerprint density at radius 3 is 2.54 bits per heavy atom. The third kappa shape index (κ3) is 2.15. The van der Waals surface area contributed by atoms with Gasteiger partial charge in [-0.3, -0.25) is 9.59 Å². The molecule has 1 amide bonds. The summed E-state index contributed by atoms with van der Waals surface area (Å²) in [5, 5.41) is 3.30. The summed E-state index contributed by atoms with van der Waals surface area (Å²) >= 11 is 0. The maximum Gasteiger partial charge on any atom is 0.244 e. The minimum Gasteiger partial charge on any atom is -0.381 e. The highest BCUT2D eigenvalue weighted by molar-refractivity contribution is 5.90. The first-order valence-electron chi connectivity index (χ1n) is 9.46. The van der Waals surface area contributed by atoms with Gasteiger partial charge in [0.15, 0.2) is 0 Å². The molecule has 4 aliphatic rings. The van der Waals surface area contributed by atoms with Crippen LogP contribution >= 0.6 is 0 Å². The van der Waals surface area contributed by atoms with E-state index < -0.39 is 0 Å². The van der Waals surface area contributed by atoms with Crippen LogP contribution in [0.3, 0.4) is 0 Å². The molecule has 0 saturated heterocycles. The van der Waals surface area contributed by atoms with Crippen molar-refractivity contribution < 1.29 is 14.3 Å². The molecule has 4 nitrogen and oxygen atoms in total. The first-order valence-corrected chi connectivity index (χ1v) is 9.46. The Labute approximate surface area is 144 Å². The number of ether oxygens (including phenoxy) is 1. The molecule has 4 heteroatoms. The summed E-state index contributed by atoms with van der Waals surface area (Å²) in [6.45, 7) is 4.49. The van der Waals surface area contributed by atoms with Crippen molar-refractivity contribution in [2.24, 2.45) is 22.7 Å². The molecule has 132 valence electrons. The highest BCUT2D eigenvalue weighted by Crippen LogP contribution is 2.59. The van der Waals surface area contributed by atoms with Crippen LogP contribution in [0.25, 0.3) is 0 Å². The summed E-state index contributed by atoms with van der Waals surface area (Å²) in [7, 11) is 1.77. The number of carbonyl (C=O) groups is 2. The molecule has 6 atom stereocenters. The summed E-state index contributed by atoms with van der Waals surface area (Å²) in [4.78, 5) is 25.1. The van der Waals surface area contributed by atoms with E-state index in [1.54, 1.807) is 7.11 Å². The highest BCUT2D eigenvalue weighted by atomic mass is 16.5. The second-order valence-corrected chi connectivity index (χ2v) is 8.85. The molecule has 1 N–H and O–H groups in total. The lowest BCUT2D eigenvalue weighted by Gasteiger charge is -2.53. The van der Waals surface area contributed by atoms with Crippen molar-refractivity contribution in [3.63, 3.8) is 0 Å². The Morgan fingerprint density at radius 2 is 1.79 bits per heavy atom. The zero-order valence-corrected chi connectivity index (χ0v) is 15.1. The van der Waals surface area contributed by atoms with Gasteiger partial charge in [-0.1, -0.05) is 19.4 Å². The van der Waals surface area contributed by atoms with Crippen LogP contribution in [-0.2, 0) is 14.3 Å². The highest BCUT2D eigenvalue weighted by Gasteiger charge is 2.59. The number of ketones is 1. The van der Waals surface area contributed by atoms with E-state index in [0.29, 0.717) is 24.0 Å². The van der Waals surface area contributed by atoms with Crippen molar-refractivity contribution in [2.75, 3.05) is 7.11 Å². The molecule has 0 aromatic carbocycles. The van der Waals surface area contributed by atoms with Gasteiger partial charge in [-0.2, -0.15) is 0 Å². The molecule has 3 aliphatic carbocycles. The molecule has 0 spiro atoms. The molecule has 0 radical (unpaired) electrons. The molecule has 0 aromatic rings. The molecular formula is C20H29NO3. The van der Waals surface area contributed by atoms with E-state index in [-0.39, 0.29) is 28.9 Å². The van der Waals surface area contributed by atoms with Gasteiger partial charge >= 0.3 is 0 Å². The van der Waals surface area contributed by atoms with E-state index in [4.69, 9.17) is 4.74 Å². The third-order valence-corrected chi connectivity index (χ3v) is 7.91. The van der Waals surface area contributed by atoms with E-state index in [0.717, 1.165) is 38.5 Å². The molecule has 4 rings (SSSR count). The number of nitrogens with one attached hydrogen (secondary N) is 1. The number of hydrogen-bond donors (Lipinski definition) is 1. The van der Waals surface area contributed by atoms with Crippen LogP contribution in [-0.4, -0.2) is 30.9 Å². The Bertz CT molecular complexity index is 612. The van der Waals surface area contributed by atoms with Gasteiger partial charge in [0.25, 0.3) is 0 Å². The van der Waals surface area contributed by atoms with Gasteiger partial charge in [0.1, 0.15) is 5.78 Å². The summed E-state index contributed by atoms with van der Waals surface area (Å²) in [6, 6.07) is 0.139. The van der Waals surface area contributed by atoms with Gasteiger partial charge < -0.3 is 10.1 Å². The lowest BCUT2D eigenvalue weighted by atomic mass is 9.53. The molecule has 0 unspecified atom stereocenters. The van der Waals surface area contributed by atoms with Crippen molar-refractivity contribution in [1.82, 2.24) is 5.32 Å². The van der Waals surface area contributed by atoms with E-state index >= 15 is 0 Å². The second kappa shape index (κ2) is 5.42. The third-order valence-electron chi connectivity index (χ3n) is 7.91. The fraction of sp³-hybridized carbons (Fsp3) is 0.800. The predicted octanol–water partition coefficient (Wildman–Crippen LogP) is 3.01. The largest absolute Gasteiger partial charge is 0.381 e. The fourth-order valence-electron chi connectivity index (χ4n) is 6.24. The lowest BCUT2D eigenvalue weighted by Crippen LogP contribution is -2.56. The van der Waals surface area contributed by atoms with Gasteiger partial charge in [0, 0.05) is 31.1 Å². The topological polar surface area (TPSA) is 55.4 Å². The summed E-state index contributed by atoms with van der Waals surface area (Å²) in [5.74, 6) is 1.18. The van der Waals surface area contributed by atoms with E-state index in [9.17, 15) is 9.59 Å². The first kappa shape index (κ1) is 16.3. The number of hydrogen-bond acceptors (Lipinski definition) is 3. The van der Waals surface area contributed by atoms with Crippen LogP contribution in [0, 0.1) is 22.7 Å². The van der Waals surface area contributed by atoms with Gasteiger partial charge in [-0.05, 0) is 55.8 Å². The van der Waals surface area contributed by atoms with Crippen LogP contribution < -0.4 is 5.32 Å². The molecule has 1 heterocycles. The second-order valence-electron chi connectivity index (χ2n) is 8.85. The smallest absolute Gasteiger partial charge is 0.244 e. The average molecular weight is 331 g/mol. The van der Waals surface area contributed by atoms with Crippen molar-refractivity contribution in [1.29, 1.82) is 0 Å². The van der Waals surface area contributed by atoms with Crippen LogP contribution in [0.4, 0.5) is 0 Å². The number of carbonyl (C=O) groups excluding carboxylic acids is 2. The monoisotopic (exact) mass is 331 g/mol. The van der Waals surface area contributed by atoms with Crippen LogP contribution in [0.15, 0.2) is 11.6 Å². The summed E-state index contributed by atoms with van der Waals surface area (Å²) < 4.78 is 5.58. The van der Waals surface area contributed by atoms with E-state index in [1.807, 2.05) is 6.08 Å². The minimum absolute atomic E-state index is 0.0316. The van der Waals surface area contributed by atoms with Crippen LogP contribution in [0.5, 0.6) is 0 Å². The lowest BCUT2D eigenvalue weighted by molar-refractivity contribution is -0.131. The molecule has 1 aliphatic heterocycles. The predicted molar refractivity (Wildman–Crippen MR) is 91.3 cm³/mol. The maximum atomic E-state index is 12.6. The zero-order valence-electron chi connectivity index (χ0n) is 15.1. The number of methoxy groups -OCH3 is 1. The number of amides is 1. The van der Waals surface area contributed by atoms with Crippen molar-refractivity contribution in [2.45, 2.75) is 70.9 Å². The van der Waals surface area contributed by atoms with Gasteiger partial charge in [0.2, 0.25) is 5.91 Å². The number of Topliss-reactive ketones (excluding diaryl/α,β-unsaturated/α-hetero) is 1. The Balaban J connectivity index is 1.71. The Kier molecular flexibility index (Phi) is 3.68. The van der Waals surface area contributed by atoms with Crippen LogP contribution in [0.2, 0.25) is 0 Å². The van der Waals surface area contributed by atoms with Crippen LogP contribution in [0.1, 0.15) is 58.8 Å². The Hall–Kier alpha value is -1.16. The molecular weight excluding hydrogens is 302 g/mol. The first-order chi connectivity index (χ1) is 11.4. The maximum absolute atomic E-state index is 12.6. The normalized spacial score (nSPS) is 47.9. The minimum atomic E-state index is -0.223. The average Bonchev–Trinajstić information content (AvgIpc) is 2.79. The standard InChI is InChI=1S/C20H29NO3/c1-19-8-6-13(24-3)10-12(19)11-17(23)21-18-14-4-5-16(22)20(14,2)9-7-15(18)19/h11,13-15,18H,4-10H2,1-3H3,(H,21,23)/t13-,14-,15-,18-,19-,20-/m0/s1. The van der Waals surface area contributed by atoms with E-state index in [1.165, 1.54) is 5.57 Å². The summed E-state index contributed by atoms with van der Waals surface area (Å²) in [5.41, 5.74) is 1.10. The quantitative estimate of drug-likeness (QED) is 0.803. The fourth-order valence-corrected chi connectivity index (χ4v) is 6.24. The molecule has 3 fully saturated rings. The van der Waals surface area contributed by atoms with Crippen molar-refractivity contribution >= 4 is 11.7 Å². The molecule has 0 bridgehead atoms. The summed E-state index contributed by atoms with van der Waals surface area (Å²) in [6.07, 6.45) is 8.71. The Morgan fingerprint density at radius 1 is 1.08 bits per heavy atom. The SMILES string of the molecule is CO[C@H]1CC[C@@]2(C)C(=CC(=O)N[C@@H]3[C@@H]2CC[C@]2(C)C(=O)CC[C@@H]32)C1. The van der Waals surface area contributed by atoms with Gasteiger partial charge in [-0.25, -0.2) is 0 Å². The van der Waals surface area contributed by atoms with Crippen molar-refractivity contribution in [3.8, 4) is 0 Å². The number of rotatable bonds is 1. The van der Waals surface area contributed by atoms with Crippen molar-refractivity contribution in [3.05, 3.63) is 11.6 Å². The van der Waals surface area contributed by atoms with Gasteiger partial charge in [-0.15, -0.1) is 0 Å². The van der Waals surface area contributed by atoms with E-state index in [2.05, 4.69) is 19.2 Å².